The number of thiophene rings is 1. The topological polar surface area (TPSA) is 85.7 Å². The van der Waals surface area contributed by atoms with E-state index >= 15 is 0 Å². The van der Waals surface area contributed by atoms with Crippen molar-refractivity contribution in [2.45, 2.75) is 10.9 Å². The fraction of sp³-hybridized carbons (Fsp3) is 0.0909. The number of hydrogen-bond donors (Lipinski definition) is 1. The van der Waals surface area contributed by atoms with Gasteiger partial charge in [-0.2, -0.15) is 0 Å². The Morgan fingerprint density at radius 2 is 1.94 bits per heavy atom. The van der Waals surface area contributed by atoms with E-state index in [1.807, 2.05) is 60.7 Å². The Balaban J connectivity index is 1.36. The lowest BCUT2D eigenvalue weighted by molar-refractivity contribution is 0.415. The van der Waals surface area contributed by atoms with Crippen molar-refractivity contribution in [2.75, 3.05) is 7.11 Å². The fourth-order valence-electron chi connectivity index (χ4n) is 3.11. The number of para-hydroxylation sites is 1. The van der Waals surface area contributed by atoms with Gasteiger partial charge in [0.05, 0.1) is 24.1 Å². The number of H-pyrrole nitrogens is 1. The third kappa shape index (κ3) is 4.10. The van der Waals surface area contributed by atoms with Gasteiger partial charge in [0.25, 0.3) is 5.56 Å². The van der Waals surface area contributed by atoms with Gasteiger partial charge in [0.15, 0.2) is 0 Å². The van der Waals surface area contributed by atoms with Crippen LogP contribution in [0.2, 0.25) is 0 Å². The number of hydrogen-bond acceptors (Lipinski definition) is 7. The fourth-order valence-corrected chi connectivity index (χ4v) is 4.77. The lowest BCUT2D eigenvalue weighted by Gasteiger charge is -2.00. The molecule has 0 amide bonds. The zero-order valence-corrected chi connectivity index (χ0v) is 18.1. The van der Waals surface area contributed by atoms with Crippen LogP contribution in [0.3, 0.4) is 0 Å². The Bertz CT molecular complexity index is 1390. The molecular formula is C22H17N5O2S2. The van der Waals surface area contributed by atoms with Crippen LogP contribution in [0.1, 0.15) is 5.82 Å². The maximum atomic E-state index is 12.6. The Morgan fingerprint density at radius 3 is 2.71 bits per heavy atom. The molecule has 0 saturated carbocycles. The number of ether oxygens (including phenoxy) is 1. The van der Waals surface area contributed by atoms with Gasteiger partial charge < -0.3 is 9.72 Å². The Labute approximate surface area is 185 Å². The summed E-state index contributed by atoms with van der Waals surface area (Å²) < 4.78 is 7.55. The summed E-state index contributed by atoms with van der Waals surface area (Å²) in [5, 5.41) is 5.10. The molecule has 5 rings (SSSR count). The third-order valence-corrected chi connectivity index (χ3v) is 6.67. The summed E-state index contributed by atoms with van der Waals surface area (Å²) in [6.07, 6.45) is 1.68. The van der Waals surface area contributed by atoms with E-state index in [0.29, 0.717) is 27.0 Å². The maximum absolute atomic E-state index is 12.6. The zero-order valence-electron chi connectivity index (χ0n) is 16.5. The number of thioether (sulfide) groups is 1. The number of nitrogens with one attached hydrogen (secondary N) is 1. The molecule has 2 aromatic carbocycles. The van der Waals surface area contributed by atoms with E-state index in [2.05, 4.69) is 20.1 Å². The van der Waals surface area contributed by atoms with Gasteiger partial charge in [-0.1, -0.05) is 30.0 Å². The summed E-state index contributed by atoms with van der Waals surface area (Å²) in [5.74, 6) is 1.86. The van der Waals surface area contributed by atoms with Crippen molar-refractivity contribution in [1.82, 2.24) is 24.7 Å². The SMILES string of the molecule is COc1ccc(-c2cc3nc(CSc4ncn(-c5ccccc5)n4)[nH]c(=O)c3s2)cc1. The molecule has 31 heavy (non-hydrogen) atoms. The van der Waals surface area contributed by atoms with E-state index in [-0.39, 0.29) is 5.56 Å². The van der Waals surface area contributed by atoms with Crippen molar-refractivity contribution >= 4 is 33.3 Å². The molecular weight excluding hydrogens is 430 g/mol. The number of benzene rings is 2. The summed E-state index contributed by atoms with van der Waals surface area (Å²) >= 11 is 2.86. The summed E-state index contributed by atoms with van der Waals surface area (Å²) in [7, 11) is 1.64. The van der Waals surface area contributed by atoms with Crippen molar-refractivity contribution in [1.29, 1.82) is 0 Å². The second-order valence-electron chi connectivity index (χ2n) is 6.66. The molecule has 3 heterocycles. The molecule has 0 saturated heterocycles. The number of methoxy groups -OCH3 is 1. The van der Waals surface area contributed by atoms with Crippen LogP contribution < -0.4 is 10.3 Å². The predicted molar refractivity (Wildman–Crippen MR) is 123 cm³/mol. The molecule has 1 N–H and O–H groups in total. The highest BCUT2D eigenvalue weighted by atomic mass is 32.2. The molecule has 7 nitrogen and oxygen atoms in total. The molecule has 154 valence electrons. The third-order valence-electron chi connectivity index (χ3n) is 4.64. The summed E-state index contributed by atoms with van der Waals surface area (Å²) in [4.78, 5) is 25.4. The minimum absolute atomic E-state index is 0.131. The number of rotatable bonds is 6. The highest BCUT2D eigenvalue weighted by Crippen LogP contribution is 2.32. The summed E-state index contributed by atoms with van der Waals surface area (Å²) in [6, 6.07) is 19.5. The molecule has 0 unspecified atom stereocenters. The Morgan fingerprint density at radius 1 is 1.13 bits per heavy atom. The molecule has 0 spiro atoms. The Hall–Kier alpha value is -3.43. The number of aromatic amines is 1. The first kappa shape index (κ1) is 19.5. The van der Waals surface area contributed by atoms with Gasteiger partial charge in [0.1, 0.15) is 22.6 Å². The average Bonchev–Trinajstić information content (AvgIpc) is 3.46. The summed E-state index contributed by atoms with van der Waals surface area (Å²) in [6.45, 7) is 0. The van der Waals surface area contributed by atoms with Crippen LogP contribution in [0.5, 0.6) is 5.75 Å². The molecule has 0 radical (unpaired) electrons. The quantitative estimate of drug-likeness (QED) is 0.385. The van der Waals surface area contributed by atoms with E-state index in [0.717, 1.165) is 21.9 Å². The van der Waals surface area contributed by atoms with Crippen molar-refractivity contribution < 1.29 is 4.74 Å². The first-order valence-electron chi connectivity index (χ1n) is 9.46. The highest BCUT2D eigenvalue weighted by Gasteiger charge is 2.12. The highest BCUT2D eigenvalue weighted by molar-refractivity contribution is 7.98. The van der Waals surface area contributed by atoms with Gasteiger partial charge in [0.2, 0.25) is 5.16 Å². The van der Waals surface area contributed by atoms with Crippen LogP contribution in [0.4, 0.5) is 0 Å². The molecule has 0 aliphatic carbocycles. The first-order valence-corrected chi connectivity index (χ1v) is 11.3. The molecule has 5 aromatic rings. The maximum Gasteiger partial charge on any atom is 0.268 e. The van der Waals surface area contributed by atoms with Crippen molar-refractivity contribution in [3.05, 3.63) is 83.2 Å². The molecule has 0 atom stereocenters. The smallest absolute Gasteiger partial charge is 0.268 e. The Kier molecular flexibility index (Phi) is 5.27. The van der Waals surface area contributed by atoms with Crippen LogP contribution in [-0.2, 0) is 5.75 Å². The average molecular weight is 448 g/mol. The second kappa shape index (κ2) is 8.37. The standard InChI is InChI=1S/C22H17N5O2S2/c1-29-16-9-7-14(8-10-16)18-11-17-20(31-18)21(28)25-19(24-17)12-30-22-23-13-27(26-22)15-5-3-2-4-6-15/h2-11,13H,12H2,1H3,(H,24,25,28). The predicted octanol–water partition coefficient (Wildman–Crippen LogP) is 4.53. The summed E-state index contributed by atoms with van der Waals surface area (Å²) in [5.41, 5.74) is 2.53. The van der Waals surface area contributed by atoms with Gasteiger partial charge in [-0.3, -0.25) is 4.79 Å². The van der Waals surface area contributed by atoms with E-state index < -0.39 is 0 Å². The van der Waals surface area contributed by atoms with E-state index in [1.54, 1.807) is 18.1 Å². The van der Waals surface area contributed by atoms with Crippen molar-refractivity contribution in [2.24, 2.45) is 0 Å². The molecule has 9 heteroatoms. The minimum Gasteiger partial charge on any atom is -0.497 e. The molecule has 0 aliphatic heterocycles. The van der Waals surface area contributed by atoms with Gasteiger partial charge in [-0.15, -0.1) is 16.4 Å². The van der Waals surface area contributed by atoms with Crippen LogP contribution >= 0.6 is 23.1 Å². The van der Waals surface area contributed by atoms with Crippen molar-refractivity contribution in [3.63, 3.8) is 0 Å². The first-order chi connectivity index (χ1) is 15.2. The zero-order chi connectivity index (χ0) is 21.2. The molecule has 3 aromatic heterocycles. The molecule has 0 aliphatic rings. The number of fused-ring (bicyclic) bond motifs is 1. The van der Waals surface area contributed by atoms with Crippen LogP contribution in [0.25, 0.3) is 26.3 Å². The molecule has 0 fully saturated rings. The number of nitrogens with zero attached hydrogens (tertiary/aromatic N) is 4. The van der Waals surface area contributed by atoms with Gasteiger partial charge in [0, 0.05) is 4.88 Å². The van der Waals surface area contributed by atoms with Gasteiger partial charge in [-0.05, 0) is 48.0 Å². The minimum atomic E-state index is -0.131. The van der Waals surface area contributed by atoms with E-state index in [9.17, 15) is 4.79 Å². The van der Waals surface area contributed by atoms with Crippen LogP contribution in [0, 0.1) is 0 Å². The number of aromatic nitrogens is 5. The lowest BCUT2D eigenvalue weighted by Crippen LogP contribution is -2.09. The lowest BCUT2D eigenvalue weighted by atomic mass is 10.2. The van der Waals surface area contributed by atoms with Crippen LogP contribution in [-0.4, -0.2) is 31.8 Å². The van der Waals surface area contributed by atoms with Gasteiger partial charge in [-0.25, -0.2) is 14.6 Å². The van der Waals surface area contributed by atoms with E-state index in [4.69, 9.17) is 4.74 Å². The second-order valence-corrected chi connectivity index (χ2v) is 8.66. The molecule has 0 bridgehead atoms. The van der Waals surface area contributed by atoms with Gasteiger partial charge >= 0.3 is 0 Å². The monoisotopic (exact) mass is 447 g/mol. The largest absolute Gasteiger partial charge is 0.497 e. The van der Waals surface area contributed by atoms with Crippen molar-refractivity contribution in [3.8, 4) is 21.9 Å². The van der Waals surface area contributed by atoms with E-state index in [1.165, 1.54) is 23.1 Å². The van der Waals surface area contributed by atoms with Crippen LogP contribution in [0.15, 0.2) is 76.9 Å². The normalized spacial score (nSPS) is 11.1.